The maximum atomic E-state index is 12.9. The Balaban J connectivity index is 1.06. The minimum absolute atomic E-state index is 0.215. The van der Waals surface area contributed by atoms with Crippen molar-refractivity contribution >= 4 is 22.9 Å². The minimum Gasteiger partial charge on any atom is -0.340 e. The molecule has 1 amide bonds. The van der Waals surface area contributed by atoms with E-state index in [4.69, 9.17) is 4.52 Å². The molecule has 1 aliphatic rings. The normalized spacial score (nSPS) is 14.8. The van der Waals surface area contributed by atoms with Crippen molar-refractivity contribution in [2.45, 2.75) is 46.5 Å². The number of hydrogen-bond donors (Lipinski definition) is 0. The van der Waals surface area contributed by atoms with Crippen LogP contribution in [0.2, 0.25) is 0 Å². The summed E-state index contributed by atoms with van der Waals surface area (Å²) >= 11 is 1.61. The van der Waals surface area contributed by atoms with Crippen molar-refractivity contribution in [3.63, 3.8) is 0 Å². The van der Waals surface area contributed by atoms with E-state index in [1.54, 1.807) is 11.3 Å². The van der Waals surface area contributed by atoms with E-state index in [2.05, 4.69) is 32.0 Å². The molecule has 0 bridgehead atoms. The number of piperazine rings is 1. The summed E-state index contributed by atoms with van der Waals surface area (Å²) in [4.78, 5) is 27.5. The number of hydrogen-bond acceptors (Lipinski definition) is 8. The van der Waals surface area contributed by atoms with Crippen LogP contribution in [0.3, 0.4) is 0 Å². The lowest BCUT2D eigenvalue weighted by Gasteiger charge is -2.34. The first-order valence-electron chi connectivity index (χ1n) is 12.2. The second kappa shape index (κ2) is 10.2. The third-order valence-electron chi connectivity index (χ3n) is 6.67. The average Bonchev–Trinajstić information content (AvgIpc) is 3.60. The van der Waals surface area contributed by atoms with Gasteiger partial charge < -0.3 is 9.42 Å². The highest BCUT2D eigenvalue weighted by molar-refractivity contribution is 7.13. The first-order chi connectivity index (χ1) is 17.0. The Kier molecular flexibility index (Phi) is 6.92. The maximum Gasteiger partial charge on any atom is 0.227 e. The van der Waals surface area contributed by atoms with Crippen LogP contribution < -0.4 is 0 Å². The van der Waals surface area contributed by atoms with Gasteiger partial charge in [-0.25, -0.2) is 9.50 Å². The third-order valence-corrected chi connectivity index (χ3v) is 7.54. The van der Waals surface area contributed by atoms with Crippen LogP contribution in [0.1, 0.15) is 41.4 Å². The number of aromatic nitrogens is 5. The summed E-state index contributed by atoms with van der Waals surface area (Å²) < 4.78 is 7.28. The topological polar surface area (TPSA) is 92.7 Å². The van der Waals surface area contributed by atoms with Crippen molar-refractivity contribution in [2.24, 2.45) is 0 Å². The van der Waals surface area contributed by atoms with Crippen molar-refractivity contribution in [2.75, 3.05) is 32.7 Å². The highest BCUT2D eigenvalue weighted by atomic mass is 32.1. The predicted octanol–water partition coefficient (Wildman–Crippen LogP) is 3.48. The van der Waals surface area contributed by atoms with Gasteiger partial charge >= 0.3 is 0 Å². The van der Waals surface area contributed by atoms with E-state index in [-0.39, 0.29) is 5.91 Å². The number of fused-ring (bicyclic) bond motifs is 1. The molecule has 184 valence electrons. The van der Waals surface area contributed by atoms with Gasteiger partial charge in [0.15, 0.2) is 5.65 Å². The number of aryl methyl sites for hydroxylation is 4. The van der Waals surface area contributed by atoms with Gasteiger partial charge in [-0.15, -0.1) is 11.3 Å². The summed E-state index contributed by atoms with van der Waals surface area (Å²) in [5, 5.41) is 10.6. The molecule has 4 aromatic heterocycles. The molecular weight excluding hydrogens is 462 g/mol. The van der Waals surface area contributed by atoms with Crippen LogP contribution in [0.15, 0.2) is 28.1 Å². The Labute approximate surface area is 208 Å². The lowest BCUT2D eigenvalue weighted by atomic mass is 10.1. The fourth-order valence-corrected chi connectivity index (χ4v) is 5.38. The summed E-state index contributed by atoms with van der Waals surface area (Å²) in [5.74, 6) is 1.57. The second-order valence-corrected chi connectivity index (χ2v) is 10.1. The van der Waals surface area contributed by atoms with Gasteiger partial charge in [0.2, 0.25) is 17.6 Å². The predicted molar refractivity (Wildman–Crippen MR) is 134 cm³/mol. The van der Waals surface area contributed by atoms with Crippen LogP contribution in [0, 0.1) is 20.8 Å². The maximum absolute atomic E-state index is 12.9. The van der Waals surface area contributed by atoms with Crippen LogP contribution in [-0.2, 0) is 17.6 Å². The molecule has 9 nitrogen and oxygen atoms in total. The van der Waals surface area contributed by atoms with Crippen LogP contribution >= 0.6 is 11.3 Å². The molecule has 0 aromatic carbocycles. The molecule has 1 fully saturated rings. The first kappa shape index (κ1) is 23.6. The second-order valence-electron chi connectivity index (χ2n) is 9.13. The number of nitrogens with zero attached hydrogens (tertiary/aromatic N) is 7. The number of carbonyl (C=O) groups excluding carboxylic acids is 1. The quantitative estimate of drug-likeness (QED) is 0.371. The van der Waals surface area contributed by atoms with Crippen molar-refractivity contribution < 1.29 is 9.32 Å². The largest absolute Gasteiger partial charge is 0.340 e. The molecule has 1 saturated heterocycles. The van der Waals surface area contributed by atoms with E-state index in [1.807, 2.05) is 46.8 Å². The summed E-state index contributed by atoms with van der Waals surface area (Å²) in [6.45, 7) is 10.4. The Morgan fingerprint density at radius 2 is 1.94 bits per heavy atom. The van der Waals surface area contributed by atoms with Crippen LogP contribution in [0.5, 0.6) is 0 Å². The molecule has 4 aromatic rings. The Hall–Kier alpha value is -3.11. The van der Waals surface area contributed by atoms with Gasteiger partial charge in [-0.1, -0.05) is 11.2 Å². The average molecular weight is 494 g/mol. The van der Waals surface area contributed by atoms with Crippen molar-refractivity contribution in [3.05, 3.63) is 52.1 Å². The van der Waals surface area contributed by atoms with Crippen LogP contribution in [-0.4, -0.2) is 73.2 Å². The van der Waals surface area contributed by atoms with Crippen molar-refractivity contribution in [3.8, 4) is 10.7 Å². The molecule has 35 heavy (non-hydrogen) atoms. The summed E-state index contributed by atoms with van der Waals surface area (Å²) in [6.07, 6.45) is 2.92. The zero-order chi connectivity index (χ0) is 24.4. The summed E-state index contributed by atoms with van der Waals surface area (Å²) in [5.41, 5.74) is 4.99. The molecule has 0 unspecified atom stereocenters. The van der Waals surface area contributed by atoms with Gasteiger partial charge in [-0.3, -0.25) is 9.69 Å². The van der Waals surface area contributed by atoms with E-state index in [0.717, 1.165) is 78.7 Å². The van der Waals surface area contributed by atoms with Crippen LogP contribution in [0.25, 0.3) is 16.3 Å². The Bertz CT molecular complexity index is 1300. The molecule has 0 saturated carbocycles. The number of amides is 1. The molecule has 5 rings (SSSR count). The van der Waals surface area contributed by atoms with Gasteiger partial charge in [0.25, 0.3) is 0 Å². The summed E-state index contributed by atoms with van der Waals surface area (Å²) in [7, 11) is 0. The van der Waals surface area contributed by atoms with E-state index < -0.39 is 0 Å². The fourth-order valence-electron chi connectivity index (χ4n) is 4.73. The lowest BCUT2D eigenvalue weighted by Crippen LogP contribution is -2.49. The molecule has 0 spiro atoms. The van der Waals surface area contributed by atoms with E-state index in [0.29, 0.717) is 24.6 Å². The number of rotatable bonds is 8. The van der Waals surface area contributed by atoms with Crippen molar-refractivity contribution in [1.29, 1.82) is 0 Å². The molecule has 0 aliphatic carbocycles. The van der Waals surface area contributed by atoms with E-state index in [1.165, 1.54) is 0 Å². The van der Waals surface area contributed by atoms with E-state index >= 15 is 0 Å². The van der Waals surface area contributed by atoms with Gasteiger partial charge in [-0.05, 0) is 57.2 Å². The van der Waals surface area contributed by atoms with Gasteiger partial charge in [0.05, 0.1) is 10.6 Å². The van der Waals surface area contributed by atoms with Gasteiger partial charge in [-0.2, -0.15) is 10.1 Å². The molecular formula is C25H31N7O2S. The molecule has 0 N–H and O–H groups in total. The van der Waals surface area contributed by atoms with Gasteiger partial charge in [0, 0.05) is 56.5 Å². The Morgan fingerprint density at radius 1 is 1.11 bits per heavy atom. The van der Waals surface area contributed by atoms with Crippen molar-refractivity contribution in [1.82, 2.24) is 34.5 Å². The summed E-state index contributed by atoms with van der Waals surface area (Å²) in [6, 6.07) is 5.97. The highest BCUT2D eigenvalue weighted by Crippen LogP contribution is 2.22. The lowest BCUT2D eigenvalue weighted by molar-refractivity contribution is -0.132. The standard InChI is InChI=1S/C25H31N7O2S/c1-17-16-22-26-18(2)20(19(3)32(22)28-17)8-9-24(33)31-13-11-30(12-14-31)10-4-7-23-27-25(29-34-23)21-6-5-15-35-21/h5-6,15-16H,4,7-14H2,1-3H3. The zero-order valence-electron chi connectivity index (χ0n) is 20.5. The first-order valence-corrected chi connectivity index (χ1v) is 13.0. The number of thiophene rings is 1. The molecule has 10 heteroatoms. The molecule has 1 aliphatic heterocycles. The fraction of sp³-hybridized carbons (Fsp3) is 0.480. The molecule has 0 atom stereocenters. The van der Waals surface area contributed by atoms with Crippen LogP contribution in [0.4, 0.5) is 0 Å². The highest BCUT2D eigenvalue weighted by Gasteiger charge is 2.22. The SMILES string of the molecule is Cc1cc2nc(C)c(CCC(=O)N3CCN(CCCc4nc(-c5cccs5)no4)CC3)c(C)n2n1. The smallest absolute Gasteiger partial charge is 0.227 e. The molecule has 5 heterocycles. The number of carbonyl (C=O) groups is 1. The monoisotopic (exact) mass is 493 g/mol. The van der Waals surface area contributed by atoms with E-state index in [9.17, 15) is 4.79 Å². The third kappa shape index (κ3) is 5.28. The van der Waals surface area contributed by atoms with Gasteiger partial charge in [0.1, 0.15) is 0 Å². The Morgan fingerprint density at radius 3 is 2.71 bits per heavy atom. The minimum atomic E-state index is 0.215. The zero-order valence-corrected chi connectivity index (χ0v) is 21.3. The molecule has 0 radical (unpaired) electrons.